The number of morpholine rings is 1. The lowest BCUT2D eigenvalue weighted by Crippen LogP contribution is -2.51. The molecule has 0 spiro atoms. The third-order valence-corrected chi connectivity index (χ3v) is 3.95. The van der Waals surface area contributed by atoms with Crippen LogP contribution in [0.25, 0.3) is 0 Å². The van der Waals surface area contributed by atoms with E-state index in [0.29, 0.717) is 23.3 Å². The summed E-state index contributed by atoms with van der Waals surface area (Å²) >= 11 is 1.28. The quantitative estimate of drug-likeness (QED) is 0.894. The van der Waals surface area contributed by atoms with E-state index < -0.39 is 0 Å². The number of hydrogen-bond acceptors (Lipinski definition) is 6. The molecule has 2 rings (SSSR count). The highest BCUT2D eigenvalue weighted by Gasteiger charge is 2.31. The van der Waals surface area contributed by atoms with E-state index in [-0.39, 0.29) is 18.1 Å². The summed E-state index contributed by atoms with van der Waals surface area (Å²) in [7, 11) is 1.76. The molecular weight excluding hydrogens is 252 g/mol. The van der Waals surface area contributed by atoms with Crippen LogP contribution in [0, 0.1) is 0 Å². The number of carbonyl (C=O) groups is 1. The molecule has 1 saturated heterocycles. The summed E-state index contributed by atoms with van der Waals surface area (Å²) in [6.07, 6.45) is 0.962. The molecule has 1 aliphatic rings. The lowest BCUT2D eigenvalue weighted by atomic mass is 10.1. The summed E-state index contributed by atoms with van der Waals surface area (Å²) in [6.45, 7) is 5.25. The van der Waals surface area contributed by atoms with Gasteiger partial charge in [-0.15, -0.1) is 10.2 Å². The Bertz CT molecular complexity index is 423. The Kier molecular flexibility index (Phi) is 4.13. The Hall–Kier alpha value is -1.21. The maximum Gasteiger partial charge on any atom is 0.285 e. The fraction of sp³-hybridized carbons (Fsp3) is 0.727. The largest absolute Gasteiger partial charge is 0.375 e. The van der Waals surface area contributed by atoms with E-state index in [1.807, 2.05) is 11.8 Å². The van der Waals surface area contributed by atoms with Crippen LogP contribution in [0.2, 0.25) is 0 Å². The molecule has 0 radical (unpaired) electrons. The first-order chi connectivity index (χ1) is 8.65. The maximum absolute atomic E-state index is 12.4. The second-order valence-corrected chi connectivity index (χ2v) is 5.30. The van der Waals surface area contributed by atoms with Crippen LogP contribution in [0.3, 0.4) is 0 Å². The van der Waals surface area contributed by atoms with Gasteiger partial charge in [0.25, 0.3) is 5.91 Å². The summed E-state index contributed by atoms with van der Waals surface area (Å²) < 4.78 is 5.59. The number of amides is 1. The van der Waals surface area contributed by atoms with Crippen molar-refractivity contribution in [3.8, 4) is 0 Å². The van der Waals surface area contributed by atoms with Crippen molar-refractivity contribution < 1.29 is 9.53 Å². The average molecular weight is 270 g/mol. The zero-order valence-corrected chi connectivity index (χ0v) is 11.7. The average Bonchev–Trinajstić information content (AvgIpc) is 2.86. The van der Waals surface area contributed by atoms with Crippen LogP contribution < -0.4 is 5.32 Å². The minimum Gasteiger partial charge on any atom is -0.375 e. The highest BCUT2D eigenvalue weighted by atomic mass is 32.1. The van der Waals surface area contributed by atoms with Crippen molar-refractivity contribution in [2.24, 2.45) is 0 Å². The minimum atomic E-state index is -0.0454. The van der Waals surface area contributed by atoms with Crippen molar-refractivity contribution in [3.05, 3.63) is 5.01 Å². The first-order valence-corrected chi connectivity index (χ1v) is 6.91. The van der Waals surface area contributed by atoms with Crippen LogP contribution in [-0.4, -0.2) is 53.3 Å². The number of ether oxygens (including phenoxy) is 1. The van der Waals surface area contributed by atoms with Gasteiger partial charge < -0.3 is 15.0 Å². The molecule has 0 bridgehead atoms. The third kappa shape index (κ3) is 2.62. The number of hydrogen-bond donors (Lipinski definition) is 1. The van der Waals surface area contributed by atoms with Crippen molar-refractivity contribution in [1.82, 2.24) is 15.1 Å². The molecule has 100 valence electrons. The van der Waals surface area contributed by atoms with E-state index in [1.54, 1.807) is 7.05 Å². The van der Waals surface area contributed by atoms with Gasteiger partial charge in [0.05, 0.1) is 18.8 Å². The van der Waals surface area contributed by atoms with E-state index in [9.17, 15) is 4.79 Å². The fourth-order valence-electron chi connectivity index (χ4n) is 1.96. The zero-order valence-electron chi connectivity index (χ0n) is 10.8. The molecule has 6 nitrogen and oxygen atoms in total. The van der Waals surface area contributed by atoms with Gasteiger partial charge in [-0.1, -0.05) is 18.3 Å². The molecule has 1 fully saturated rings. The zero-order chi connectivity index (χ0) is 13.1. The first-order valence-electron chi connectivity index (χ1n) is 6.09. The minimum absolute atomic E-state index is 0.0454. The maximum atomic E-state index is 12.4. The predicted octanol–water partition coefficient (Wildman–Crippen LogP) is 1.22. The number of nitrogens with zero attached hydrogens (tertiary/aromatic N) is 3. The number of anilines is 1. The van der Waals surface area contributed by atoms with Gasteiger partial charge >= 0.3 is 0 Å². The molecule has 1 aromatic rings. The lowest BCUT2D eigenvalue weighted by Gasteiger charge is -2.37. The topological polar surface area (TPSA) is 67.3 Å². The number of aromatic nitrogens is 2. The molecule has 1 amide bonds. The molecule has 0 aromatic carbocycles. The predicted molar refractivity (Wildman–Crippen MR) is 70.0 cm³/mol. The highest BCUT2D eigenvalue weighted by molar-refractivity contribution is 7.17. The first kappa shape index (κ1) is 13.2. The summed E-state index contributed by atoms with van der Waals surface area (Å²) in [5.74, 6) is -0.0454. The molecule has 0 saturated carbocycles. The van der Waals surface area contributed by atoms with Gasteiger partial charge in [0.15, 0.2) is 0 Å². The van der Waals surface area contributed by atoms with Gasteiger partial charge in [0, 0.05) is 13.6 Å². The summed E-state index contributed by atoms with van der Waals surface area (Å²) in [6, 6.07) is 0.135. The van der Waals surface area contributed by atoms with Crippen LogP contribution in [0.15, 0.2) is 0 Å². The SMILES string of the molecule is CCC1COC(C)CN1C(=O)c1nnc(NC)s1. The molecular formula is C11H18N4O2S. The van der Waals surface area contributed by atoms with E-state index in [0.717, 1.165) is 6.42 Å². The van der Waals surface area contributed by atoms with Crippen molar-refractivity contribution in [2.45, 2.75) is 32.4 Å². The second kappa shape index (κ2) is 5.62. The molecule has 2 heterocycles. The van der Waals surface area contributed by atoms with Crippen LogP contribution in [0.1, 0.15) is 30.1 Å². The third-order valence-electron chi connectivity index (χ3n) is 3.02. The Morgan fingerprint density at radius 3 is 3.00 bits per heavy atom. The molecule has 0 aliphatic carbocycles. The van der Waals surface area contributed by atoms with E-state index >= 15 is 0 Å². The van der Waals surface area contributed by atoms with Gasteiger partial charge in [-0.2, -0.15) is 0 Å². The smallest absolute Gasteiger partial charge is 0.285 e. The fourth-order valence-corrected chi connectivity index (χ4v) is 2.62. The number of carbonyl (C=O) groups excluding carboxylic acids is 1. The van der Waals surface area contributed by atoms with Crippen LogP contribution in [0.4, 0.5) is 5.13 Å². The lowest BCUT2D eigenvalue weighted by molar-refractivity contribution is -0.0444. The van der Waals surface area contributed by atoms with Crippen molar-refractivity contribution in [1.29, 1.82) is 0 Å². The van der Waals surface area contributed by atoms with Crippen LogP contribution in [-0.2, 0) is 4.74 Å². The van der Waals surface area contributed by atoms with Crippen molar-refractivity contribution in [2.75, 3.05) is 25.5 Å². The summed E-state index contributed by atoms with van der Waals surface area (Å²) in [4.78, 5) is 14.2. The van der Waals surface area contributed by atoms with E-state index in [4.69, 9.17) is 4.74 Å². The van der Waals surface area contributed by atoms with Crippen LogP contribution in [0.5, 0.6) is 0 Å². The molecule has 2 unspecified atom stereocenters. The Labute approximate surface area is 110 Å². The van der Waals surface area contributed by atoms with Crippen LogP contribution >= 0.6 is 11.3 Å². The second-order valence-electron chi connectivity index (χ2n) is 4.33. The Morgan fingerprint density at radius 2 is 2.39 bits per heavy atom. The normalized spacial score (nSPS) is 24.1. The Morgan fingerprint density at radius 1 is 1.61 bits per heavy atom. The van der Waals surface area contributed by atoms with Gasteiger partial charge in [-0.05, 0) is 13.3 Å². The van der Waals surface area contributed by atoms with Crippen molar-refractivity contribution >= 4 is 22.4 Å². The van der Waals surface area contributed by atoms with E-state index in [1.165, 1.54) is 11.3 Å². The number of nitrogens with one attached hydrogen (secondary N) is 1. The molecule has 18 heavy (non-hydrogen) atoms. The highest BCUT2D eigenvalue weighted by Crippen LogP contribution is 2.21. The molecule has 1 aromatic heterocycles. The molecule has 1 N–H and O–H groups in total. The molecule has 2 atom stereocenters. The standard InChI is InChI=1S/C11H18N4O2S/c1-4-8-6-17-7(2)5-15(8)10(16)9-13-14-11(12-3)18-9/h7-8H,4-6H2,1-3H3,(H,12,14). The van der Waals surface area contributed by atoms with Gasteiger partial charge in [0.2, 0.25) is 10.1 Å². The van der Waals surface area contributed by atoms with Gasteiger partial charge in [-0.3, -0.25) is 4.79 Å². The summed E-state index contributed by atoms with van der Waals surface area (Å²) in [5.41, 5.74) is 0. The summed E-state index contributed by atoms with van der Waals surface area (Å²) in [5, 5.41) is 11.8. The molecule has 7 heteroatoms. The Balaban J connectivity index is 2.14. The number of rotatable bonds is 3. The van der Waals surface area contributed by atoms with Gasteiger partial charge in [-0.25, -0.2) is 0 Å². The van der Waals surface area contributed by atoms with E-state index in [2.05, 4.69) is 22.4 Å². The molecule has 1 aliphatic heterocycles. The monoisotopic (exact) mass is 270 g/mol. The van der Waals surface area contributed by atoms with Gasteiger partial charge in [0.1, 0.15) is 0 Å². The van der Waals surface area contributed by atoms with Crippen molar-refractivity contribution in [3.63, 3.8) is 0 Å².